The molecule has 26 heavy (non-hydrogen) atoms. The number of nitriles is 1. The van der Waals surface area contributed by atoms with Crippen LogP contribution in [0.5, 0.6) is 0 Å². The number of carbonyl (C=O) groups is 1. The van der Waals surface area contributed by atoms with Gasteiger partial charge in [-0.2, -0.15) is 5.26 Å². The average Bonchev–Trinajstić information content (AvgIpc) is 2.82. The van der Waals surface area contributed by atoms with Crippen molar-refractivity contribution in [1.82, 2.24) is 4.98 Å². The second-order valence-corrected chi connectivity index (χ2v) is 7.49. The second kappa shape index (κ2) is 6.77. The van der Waals surface area contributed by atoms with Gasteiger partial charge in [-0.3, -0.25) is 4.79 Å². The maximum Gasteiger partial charge on any atom is 0.267 e. The summed E-state index contributed by atoms with van der Waals surface area (Å²) in [6.45, 7) is 0. The minimum atomic E-state index is -0.245. The molecule has 0 aliphatic heterocycles. The van der Waals surface area contributed by atoms with Gasteiger partial charge < -0.3 is 11.1 Å². The Morgan fingerprint density at radius 3 is 2.73 bits per heavy atom. The van der Waals surface area contributed by atoms with Crippen LogP contribution in [-0.2, 0) is 12.8 Å². The van der Waals surface area contributed by atoms with Gasteiger partial charge in [0.2, 0.25) is 0 Å². The Morgan fingerprint density at radius 2 is 1.96 bits per heavy atom. The molecule has 5 nitrogen and oxygen atoms in total. The van der Waals surface area contributed by atoms with Crippen LogP contribution in [0.4, 0.5) is 11.4 Å². The number of carbonyl (C=O) groups excluding carboxylic acids is 1. The molecule has 0 bridgehead atoms. The zero-order chi connectivity index (χ0) is 18.1. The van der Waals surface area contributed by atoms with Crippen LogP contribution in [0, 0.1) is 11.3 Å². The minimum Gasteiger partial charge on any atom is -0.397 e. The van der Waals surface area contributed by atoms with Gasteiger partial charge in [-0.1, -0.05) is 6.42 Å². The Balaban J connectivity index is 1.66. The summed E-state index contributed by atoms with van der Waals surface area (Å²) in [5, 5.41) is 12.6. The Kier molecular flexibility index (Phi) is 4.31. The molecule has 1 amide bonds. The Bertz CT molecular complexity index is 1030. The standard InChI is InChI=1S/C20H18N4OS/c21-11-12-6-8-14(9-7-12)23-19(25)18-17(22)15-10-13-4-2-1-3-5-16(13)24-20(15)26-18/h6-10H,1-5,22H2,(H,23,25). The number of aryl methyl sites for hydroxylation is 2. The molecule has 0 unspecified atom stereocenters. The third-order valence-corrected chi connectivity index (χ3v) is 5.84. The van der Waals surface area contributed by atoms with Gasteiger partial charge in [-0.25, -0.2) is 4.98 Å². The van der Waals surface area contributed by atoms with Crippen molar-refractivity contribution in [1.29, 1.82) is 5.26 Å². The van der Waals surface area contributed by atoms with Crippen molar-refractivity contribution in [3.8, 4) is 6.07 Å². The van der Waals surface area contributed by atoms with E-state index in [2.05, 4.69) is 17.5 Å². The SMILES string of the molecule is N#Cc1ccc(NC(=O)c2sc3nc4c(cc3c2N)CCCCC4)cc1. The van der Waals surface area contributed by atoms with Gasteiger partial charge in [-0.15, -0.1) is 11.3 Å². The molecule has 4 rings (SSSR count). The number of anilines is 2. The molecule has 130 valence electrons. The average molecular weight is 362 g/mol. The first-order valence-corrected chi connectivity index (χ1v) is 9.49. The molecule has 1 aliphatic rings. The van der Waals surface area contributed by atoms with Crippen molar-refractivity contribution < 1.29 is 4.79 Å². The molecule has 3 N–H and O–H groups in total. The number of hydrogen-bond acceptors (Lipinski definition) is 5. The topological polar surface area (TPSA) is 91.8 Å². The predicted molar refractivity (Wildman–Crippen MR) is 104 cm³/mol. The molecule has 6 heteroatoms. The highest BCUT2D eigenvalue weighted by atomic mass is 32.1. The van der Waals surface area contributed by atoms with Gasteiger partial charge in [0.1, 0.15) is 9.71 Å². The van der Waals surface area contributed by atoms with Gasteiger partial charge in [0.05, 0.1) is 17.3 Å². The third kappa shape index (κ3) is 3.02. The highest BCUT2D eigenvalue weighted by molar-refractivity contribution is 7.21. The number of amides is 1. The Hall–Kier alpha value is -2.91. The van der Waals surface area contributed by atoms with E-state index in [0.717, 1.165) is 28.8 Å². The summed E-state index contributed by atoms with van der Waals surface area (Å²) in [6.07, 6.45) is 5.60. The fourth-order valence-corrected chi connectivity index (χ4v) is 4.31. The number of hydrogen-bond donors (Lipinski definition) is 2. The van der Waals surface area contributed by atoms with Crippen LogP contribution in [0.2, 0.25) is 0 Å². The summed E-state index contributed by atoms with van der Waals surface area (Å²) in [5.74, 6) is -0.245. The number of rotatable bonds is 2. The van der Waals surface area contributed by atoms with E-state index in [1.54, 1.807) is 24.3 Å². The number of benzene rings is 1. The number of pyridine rings is 1. The first kappa shape index (κ1) is 16.6. The van der Waals surface area contributed by atoms with E-state index in [-0.39, 0.29) is 5.91 Å². The predicted octanol–water partition coefficient (Wildman–Crippen LogP) is 4.27. The van der Waals surface area contributed by atoms with Gasteiger partial charge in [0, 0.05) is 16.8 Å². The molecule has 0 atom stereocenters. The number of aromatic nitrogens is 1. The first-order valence-electron chi connectivity index (χ1n) is 8.68. The van der Waals surface area contributed by atoms with Crippen molar-refractivity contribution in [3.63, 3.8) is 0 Å². The van der Waals surface area contributed by atoms with Crippen molar-refractivity contribution in [2.24, 2.45) is 0 Å². The molecule has 0 spiro atoms. The molecule has 0 fully saturated rings. The van der Waals surface area contributed by atoms with E-state index in [9.17, 15) is 4.79 Å². The molecule has 0 radical (unpaired) electrons. The van der Waals surface area contributed by atoms with Crippen LogP contribution in [-0.4, -0.2) is 10.9 Å². The van der Waals surface area contributed by atoms with Gasteiger partial charge in [0.25, 0.3) is 5.91 Å². The van der Waals surface area contributed by atoms with Crippen molar-refractivity contribution in [2.45, 2.75) is 32.1 Å². The van der Waals surface area contributed by atoms with E-state index in [4.69, 9.17) is 16.0 Å². The summed E-state index contributed by atoms with van der Waals surface area (Å²) in [6, 6.07) is 10.9. The summed E-state index contributed by atoms with van der Waals surface area (Å²) in [7, 11) is 0. The van der Waals surface area contributed by atoms with Crippen LogP contribution < -0.4 is 11.1 Å². The molecule has 2 aromatic heterocycles. The number of thiophene rings is 1. The van der Waals surface area contributed by atoms with E-state index in [0.29, 0.717) is 21.8 Å². The summed E-state index contributed by atoms with van der Waals surface area (Å²) in [5.41, 5.74) is 10.4. The van der Waals surface area contributed by atoms with Crippen LogP contribution in [0.3, 0.4) is 0 Å². The monoisotopic (exact) mass is 362 g/mol. The van der Waals surface area contributed by atoms with E-state index < -0.39 is 0 Å². The lowest BCUT2D eigenvalue weighted by molar-refractivity contribution is 0.103. The van der Waals surface area contributed by atoms with Crippen molar-refractivity contribution in [3.05, 3.63) is 52.0 Å². The maximum absolute atomic E-state index is 12.7. The van der Waals surface area contributed by atoms with Crippen molar-refractivity contribution >= 4 is 38.8 Å². The van der Waals surface area contributed by atoms with Gasteiger partial charge in [0.15, 0.2) is 0 Å². The number of nitrogens with two attached hydrogens (primary N) is 1. The maximum atomic E-state index is 12.7. The first-order chi connectivity index (χ1) is 12.7. The molecule has 0 saturated heterocycles. The Labute approximate surface area is 155 Å². The van der Waals surface area contributed by atoms with Crippen molar-refractivity contribution in [2.75, 3.05) is 11.1 Å². The molecule has 0 saturated carbocycles. The fourth-order valence-electron chi connectivity index (χ4n) is 3.32. The zero-order valence-corrected chi connectivity index (χ0v) is 15.0. The summed E-state index contributed by atoms with van der Waals surface area (Å²) in [4.78, 5) is 18.8. The van der Waals surface area contributed by atoms with Gasteiger partial charge in [-0.05, 0) is 61.6 Å². The molecule has 1 aliphatic carbocycles. The second-order valence-electron chi connectivity index (χ2n) is 6.50. The fraction of sp³-hybridized carbons (Fsp3) is 0.250. The lowest BCUT2D eigenvalue weighted by Crippen LogP contribution is -2.11. The Morgan fingerprint density at radius 1 is 1.19 bits per heavy atom. The lowest BCUT2D eigenvalue weighted by Gasteiger charge is -2.05. The van der Waals surface area contributed by atoms with Crippen LogP contribution >= 0.6 is 11.3 Å². The third-order valence-electron chi connectivity index (χ3n) is 4.73. The number of nitrogens with zero attached hydrogens (tertiary/aromatic N) is 2. The largest absolute Gasteiger partial charge is 0.397 e. The molecule has 1 aromatic carbocycles. The summed E-state index contributed by atoms with van der Waals surface area (Å²) < 4.78 is 0. The number of nitrogens with one attached hydrogen (secondary N) is 1. The highest BCUT2D eigenvalue weighted by Gasteiger charge is 2.20. The molecule has 2 heterocycles. The van der Waals surface area contributed by atoms with Crippen LogP contribution in [0.15, 0.2) is 30.3 Å². The lowest BCUT2D eigenvalue weighted by atomic mass is 10.1. The van der Waals surface area contributed by atoms with Gasteiger partial charge >= 0.3 is 0 Å². The van der Waals surface area contributed by atoms with Crippen LogP contribution in [0.25, 0.3) is 10.2 Å². The quantitative estimate of drug-likeness (QED) is 0.666. The number of fused-ring (bicyclic) bond motifs is 2. The van der Waals surface area contributed by atoms with E-state index >= 15 is 0 Å². The zero-order valence-electron chi connectivity index (χ0n) is 14.2. The number of nitrogen functional groups attached to an aromatic ring is 1. The molecular formula is C20H18N4OS. The highest BCUT2D eigenvalue weighted by Crippen LogP contribution is 2.35. The minimum absolute atomic E-state index is 0.245. The van der Waals surface area contributed by atoms with E-state index in [1.807, 2.05) is 0 Å². The van der Waals surface area contributed by atoms with Crippen LogP contribution in [0.1, 0.15) is 45.8 Å². The molecular weight excluding hydrogens is 344 g/mol. The van der Waals surface area contributed by atoms with E-state index in [1.165, 1.54) is 36.2 Å². The smallest absolute Gasteiger partial charge is 0.267 e. The summed E-state index contributed by atoms with van der Waals surface area (Å²) >= 11 is 1.34. The molecule has 3 aromatic rings. The normalized spacial score (nSPS) is 13.7.